The number of benzene rings is 1. The van der Waals surface area contributed by atoms with Crippen molar-refractivity contribution in [2.45, 2.75) is 31.2 Å². The fraction of sp³-hybridized carbons (Fsp3) is 0.500. The molecular formula is C14H16ClFN2O. The third kappa shape index (κ3) is 2.35. The van der Waals surface area contributed by atoms with Gasteiger partial charge >= 0.3 is 0 Å². The first-order chi connectivity index (χ1) is 9.16. The van der Waals surface area contributed by atoms with Crippen molar-refractivity contribution in [2.75, 3.05) is 13.2 Å². The quantitative estimate of drug-likeness (QED) is 0.783. The van der Waals surface area contributed by atoms with Crippen LogP contribution in [0.2, 0.25) is 0 Å². The minimum Gasteiger partial charge on any atom is -0.381 e. The first-order valence-electron chi connectivity index (χ1n) is 6.56. The van der Waals surface area contributed by atoms with Gasteiger partial charge in [-0.2, -0.15) is 0 Å². The van der Waals surface area contributed by atoms with Crippen molar-refractivity contribution in [3.8, 4) is 0 Å². The van der Waals surface area contributed by atoms with E-state index in [1.165, 1.54) is 6.07 Å². The average Bonchev–Trinajstić information content (AvgIpc) is 2.78. The van der Waals surface area contributed by atoms with Crippen LogP contribution < -0.4 is 0 Å². The predicted octanol–water partition coefficient (Wildman–Crippen LogP) is 3.83. The molecule has 1 fully saturated rings. The Morgan fingerprint density at radius 1 is 1.42 bits per heavy atom. The highest BCUT2D eigenvalue weighted by atomic mass is 35.5. The Hall–Kier alpha value is -1.13. The van der Waals surface area contributed by atoms with E-state index in [1.807, 2.05) is 6.92 Å². The second-order valence-electron chi connectivity index (χ2n) is 4.93. The predicted molar refractivity (Wildman–Crippen MR) is 73.0 cm³/mol. The minimum atomic E-state index is -0.241. The molecule has 2 aromatic rings. The summed E-state index contributed by atoms with van der Waals surface area (Å²) in [4.78, 5) is 4.55. The van der Waals surface area contributed by atoms with Gasteiger partial charge in [0.1, 0.15) is 11.6 Å². The number of hydrogen-bond donors (Lipinski definition) is 0. The van der Waals surface area contributed by atoms with Gasteiger partial charge in [-0.15, -0.1) is 11.6 Å². The van der Waals surface area contributed by atoms with E-state index in [0.717, 1.165) is 42.9 Å². The smallest absolute Gasteiger partial charge is 0.127 e. The molecule has 0 radical (unpaired) electrons. The van der Waals surface area contributed by atoms with Crippen molar-refractivity contribution in [3.05, 3.63) is 29.8 Å². The molecule has 0 amide bonds. The third-order valence-electron chi connectivity index (χ3n) is 3.59. The van der Waals surface area contributed by atoms with Crippen LogP contribution in [0.1, 0.15) is 37.0 Å². The van der Waals surface area contributed by atoms with E-state index in [9.17, 15) is 4.39 Å². The standard InChI is InChI=1S/C14H16ClFN2O/c1-9(15)14-17-12-3-2-10(16)8-13(12)18(14)11-4-6-19-7-5-11/h2-3,8-9,11H,4-7H2,1H3. The summed E-state index contributed by atoms with van der Waals surface area (Å²) in [6, 6.07) is 4.98. The zero-order chi connectivity index (χ0) is 13.4. The van der Waals surface area contributed by atoms with Crippen molar-refractivity contribution in [3.63, 3.8) is 0 Å². The Balaban J connectivity index is 2.17. The van der Waals surface area contributed by atoms with Gasteiger partial charge in [0.2, 0.25) is 0 Å². The molecule has 102 valence electrons. The average molecular weight is 283 g/mol. The number of hydrogen-bond acceptors (Lipinski definition) is 2. The number of imidazole rings is 1. The van der Waals surface area contributed by atoms with Crippen LogP contribution in [0.25, 0.3) is 11.0 Å². The van der Waals surface area contributed by atoms with Crippen molar-refractivity contribution >= 4 is 22.6 Å². The number of halogens is 2. The van der Waals surface area contributed by atoms with Gasteiger partial charge in [0, 0.05) is 19.3 Å². The molecule has 5 heteroatoms. The van der Waals surface area contributed by atoms with Gasteiger partial charge in [-0.05, 0) is 38.0 Å². The summed E-state index contributed by atoms with van der Waals surface area (Å²) in [5, 5.41) is -0.196. The van der Waals surface area contributed by atoms with Gasteiger partial charge < -0.3 is 9.30 Å². The van der Waals surface area contributed by atoms with Gasteiger partial charge in [0.15, 0.2) is 0 Å². The van der Waals surface area contributed by atoms with E-state index in [-0.39, 0.29) is 17.2 Å². The third-order valence-corrected chi connectivity index (χ3v) is 3.79. The summed E-state index contributed by atoms with van der Waals surface area (Å²) in [7, 11) is 0. The van der Waals surface area contributed by atoms with Crippen molar-refractivity contribution in [2.24, 2.45) is 0 Å². The maximum Gasteiger partial charge on any atom is 0.127 e. The Morgan fingerprint density at radius 3 is 2.84 bits per heavy atom. The molecular weight excluding hydrogens is 267 g/mol. The van der Waals surface area contributed by atoms with E-state index in [0.29, 0.717) is 0 Å². The molecule has 2 heterocycles. The lowest BCUT2D eigenvalue weighted by Gasteiger charge is -2.26. The SMILES string of the molecule is CC(Cl)c1nc2ccc(F)cc2n1C1CCOCC1. The zero-order valence-corrected chi connectivity index (χ0v) is 11.5. The van der Waals surface area contributed by atoms with Crippen molar-refractivity contribution < 1.29 is 9.13 Å². The molecule has 1 atom stereocenters. The molecule has 19 heavy (non-hydrogen) atoms. The number of ether oxygens (including phenoxy) is 1. The number of nitrogens with zero attached hydrogens (tertiary/aromatic N) is 2. The molecule has 1 unspecified atom stereocenters. The van der Waals surface area contributed by atoms with Crippen molar-refractivity contribution in [1.82, 2.24) is 9.55 Å². The maximum absolute atomic E-state index is 13.5. The number of fused-ring (bicyclic) bond motifs is 1. The van der Waals surface area contributed by atoms with Crippen LogP contribution in [0.5, 0.6) is 0 Å². The topological polar surface area (TPSA) is 27.1 Å². The molecule has 1 aromatic carbocycles. The lowest BCUT2D eigenvalue weighted by atomic mass is 10.1. The van der Waals surface area contributed by atoms with Crippen LogP contribution in [-0.4, -0.2) is 22.8 Å². The second kappa shape index (κ2) is 5.10. The van der Waals surface area contributed by atoms with Gasteiger partial charge in [0.05, 0.1) is 16.4 Å². The fourth-order valence-corrected chi connectivity index (χ4v) is 2.85. The van der Waals surface area contributed by atoms with Gasteiger partial charge in [-0.1, -0.05) is 0 Å². The molecule has 1 aromatic heterocycles. The molecule has 3 rings (SSSR count). The molecule has 0 bridgehead atoms. The highest BCUT2D eigenvalue weighted by Gasteiger charge is 2.23. The normalized spacial score (nSPS) is 18.9. The lowest BCUT2D eigenvalue weighted by molar-refractivity contribution is 0.0698. The molecule has 0 aliphatic carbocycles. The van der Waals surface area contributed by atoms with Crippen LogP contribution in [-0.2, 0) is 4.74 Å². The first kappa shape index (κ1) is 12.9. The molecule has 0 saturated carbocycles. The molecule has 0 N–H and O–H groups in total. The molecule has 0 spiro atoms. The van der Waals surface area contributed by atoms with Gasteiger partial charge in [-0.3, -0.25) is 0 Å². The van der Waals surface area contributed by atoms with Crippen LogP contribution in [0, 0.1) is 5.82 Å². The summed E-state index contributed by atoms with van der Waals surface area (Å²) in [5.41, 5.74) is 1.63. The number of rotatable bonds is 2. The van der Waals surface area contributed by atoms with Crippen LogP contribution >= 0.6 is 11.6 Å². The molecule has 3 nitrogen and oxygen atoms in total. The van der Waals surface area contributed by atoms with E-state index in [4.69, 9.17) is 16.3 Å². The van der Waals surface area contributed by atoms with Gasteiger partial charge in [0.25, 0.3) is 0 Å². The summed E-state index contributed by atoms with van der Waals surface area (Å²) in [5.74, 6) is 0.573. The van der Waals surface area contributed by atoms with Gasteiger partial charge in [-0.25, -0.2) is 9.37 Å². The summed E-state index contributed by atoms with van der Waals surface area (Å²) in [6.45, 7) is 3.36. The second-order valence-corrected chi connectivity index (χ2v) is 5.59. The highest BCUT2D eigenvalue weighted by Crippen LogP contribution is 2.32. The summed E-state index contributed by atoms with van der Waals surface area (Å²) in [6.07, 6.45) is 1.83. The summed E-state index contributed by atoms with van der Waals surface area (Å²) >= 11 is 6.23. The Morgan fingerprint density at radius 2 is 2.16 bits per heavy atom. The molecule has 1 saturated heterocycles. The Bertz CT molecular complexity index is 590. The van der Waals surface area contributed by atoms with Crippen LogP contribution in [0.15, 0.2) is 18.2 Å². The van der Waals surface area contributed by atoms with Crippen molar-refractivity contribution in [1.29, 1.82) is 0 Å². The highest BCUT2D eigenvalue weighted by molar-refractivity contribution is 6.20. The number of alkyl halides is 1. The van der Waals surface area contributed by atoms with E-state index < -0.39 is 0 Å². The summed E-state index contributed by atoms with van der Waals surface area (Å²) < 4.78 is 21.0. The molecule has 1 aliphatic rings. The maximum atomic E-state index is 13.5. The first-order valence-corrected chi connectivity index (χ1v) is 6.99. The van der Waals surface area contributed by atoms with Crippen LogP contribution in [0.4, 0.5) is 4.39 Å². The van der Waals surface area contributed by atoms with E-state index >= 15 is 0 Å². The van der Waals surface area contributed by atoms with E-state index in [2.05, 4.69) is 9.55 Å². The minimum absolute atomic E-state index is 0.196. The Kier molecular flexibility index (Phi) is 3.46. The largest absolute Gasteiger partial charge is 0.381 e. The monoisotopic (exact) mass is 282 g/mol. The van der Waals surface area contributed by atoms with Crippen LogP contribution in [0.3, 0.4) is 0 Å². The molecule has 1 aliphatic heterocycles. The van der Waals surface area contributed by atoms with E-state index in [1.54, 1.807) is 12.1 Å². The number of aromatic nitrogens is 2. The Labute approximate surface area is 116 Å². The fourth-order valence-electron chi connectivity index (χ4n) is 2.69. The zero-order valence-electron chi connectivity index (χ0n) is 10.8. The lowest BCUT2D eigenvalue weighted by Crippen LogP contribution is -2.21.